The van der Waals surface area contributed by atoms with E-state index >= 15 is 0 Å². The van der Waals surface area contributed by atoms with Crippen molar-refractivity contribution in [3.8, 4) is 11.1 Å². The van der Waals surface area contributed by atoms with Gasteiger partial charge in [-0.25, -0.2) is 0 Å². The summed E-state index contributed by atoms with van der Waals surface area (Å²) < 4.78 is 2.12. The molecule has 0 spiro atoms. The van der Waals surface area contributed by atoms with Crippen molar-refractivity contribution >= 4 is 16.6 Å². The fourth-order valence-electron chi connectivity index (χ4n) is 4.28. The number of fused-ring (bicyclic) bond motifs is 1. The van der Waals surface area contributed by atoms with Crippen molar-refractivity contribution in [2.24, 2.45) is 0 Å². The van der Waals surface area contributed by atoms with Gasteiger partial charge < -0.3 is 9.88 Å². The Bertz CT molecular complexity index is 1120. The molecule has 1 aliphatic rings. The molecule has 0 aliphatic carbocycles. The van der Waals surface area contributed by atoms with Crippen molar-refractivity contribution in [3.05, 3.63) is 72.2 Å². The van der Waals surface area contributed by atoms with E-state index in [1.807, 2.05) is 6.20 Å². The van der Waals surface area contributed by atoms with Crippen LogP contribution in [0.15, 0.2) is 60.8 Å². The van der Waals surface area contributed by atoms with Gasteiger partial charge in [-0.2, -0.15) is 5.10 Å². The molecule has 1 unspecified atom stereocenters. The van der Waals surface area contributed by atoms with E-state index < -0.39 is 0 Å². The Kier molecular flexibility index (Phi) is 4.17. The van der Waals surface area contributed by atoms with Crippen LogP contribution in [0, 0.1) is 13.8 Å². The third-order valence-corrected chi connectivity index (χ3v) is 5.61. The van der Waals surface area contributed by atoms with Gasteiger partial charge in [-0.05, 0) is 49.1 Å². The number of hydrogen-bond donors (Lipinski definition) is 2. The van der Waals surface area contributed by atoms with Crippen molar-refractivity contribution in [2.75, 3.05) is 24.5 Å². The zero-order valence-electron chi connectivity index (χ0n) is 16.3. The summed E-state index contributed by atoms with van der Waals surface area (Å²) >= 11 is 0. The van der Waals surface area contributed by atoms with Crippen LogP contribution in [0.2, 0.25) is 0 Å². The lowest BCUT2D eigenvalue weighted by atomic mass is 10.0. The van der Waals surface area contributed by atoms with Crippen LogP contribution in [0.25, 0.3) is 22.0 Å². The van der Waals surface area contributed by atoms with Crippen molar-refractivity contribution in [3.63, 3.8) is 0 Å². The van der Waals surface area contributed by atoms with Gasteiger partial charge in [-0.3, -0.25) is 10.00 Å². The summed E-state index contributed by atoms with van der Waals surface area (Å²) in [6.45, 7) is 6.99. The normalized spacial score (nSPS) is 17.4. The molecule has 0 saturated carbocycles. The molecule has 28 heavy (non-hydrogen) atoms. The predicted octanol–water partition coefficient (Wildman–Crippen LogP) is 4.26. The first-order valence-electron chi connectivity index (χ1n) is 9.87. The van der Waals surface area contributed by atoms with Gasteiger partial charge in [-0.1, -0.05) is 30.3 Å². The molecule has 2 N–H and O–H groups in total. The van der Waals surface area contributed by atoms with Crippen molar-refractivity contribution in [1.29, 1.82) is 0 Å². The molecule has 2 aromatic heterocycles. The third kappa shape index (κ3) is 2.98. The molecule has 5 heteroatoms. The minimum absolute atomic E-state index is 0.182. The van der Waals surface area contributed by atoms with Crippen LogP contribution in [0.1, 0.15) is 17.6 Å². The van der Waals surface area contributed by atoms with Crippen LogP contribution in [0.3, 0.4) is 0 Å². The van der Waals surface area contributed by atoms with Crippen molar-refractivity contribution in [2.45, 2.75) is 20.0 Å². The van der Waals surface area contributed by atoms with Gasteiger partial charge in [0, 0.05) is 41.7 Å². The maximum absolute atomic E-state index is 4.69. The van der Waals surface area contributed by atoms with Crippen molar-refractivity contribution < 1.29 is 0 Å². The number of H-pyrrole nitrogens is 1. The summed E-state index contributed by atoms with van der Waals surface area (Å²) in [5.41, 5.74) is 7.23. The molecule has 1 atom stereocenters. The number of nitrogens with zero attached hydrogens (tertiary/aromatic N) is 3. The highest BCUT2D eigenvalue weighted by molar-refractivity contribution is 5.88. The summed E-state index contributed by atoms with van der Waals surface area (Å²) in [7, 11) is 0. The average Bonchev–Trinajstić information content (AvgIpc) is 3.33. The zero-order chi connectivity index (χ0) is 19.1. The maximum atomic E-state index is 4.69. The maximum Gasteiger partial charge on any atom is 0.119 e. The Balaban J connectivity index is 1.50. The zero-order valence-corrected chi connectivity index (χ0v) is 16.3. The first kappa shape index (κ1) is 17.1. The Hall–Kier alpha value is -3.05. The van der Waals surface area contributed by atoms with Crippen molar-refractivity contribution in [1.82, 2.24) is 20.1 Å². The number of hydrogen-bond acceptors (Lipinski definition) is 3. The molecule has 3 heterocycles. The highest BCUT2D eigenvalue weighted by atomic mass is 15.4. The number of para-hydroxylation sites is 1. The van der Waals surface area contributed by atoms with Crippen LogP contribution < -0.4 is 10.2 Å². The summed E-state index contributed by atoms with van der Waals surface area (Å²) in [6, 6.07) is 19.6. The number of nitrogens with one attached hydrogen (secondary N) is 2. The van der Waals surface area contributed by atoms with Gasteiger partial charge in [0.25, 0.3) is 0 Å². The van der Waals surface area contributed by atoms with Gasteiger partial charge in [-0.15, -0.1) is 0 Å². The standard InChI is InChI=1S/C23H25N5/c1-16-13-17(2)28(26-16)23-15-27(12-11-25-23)22-6-4-3-5-20(22)19-8-7-18-9-10-24-21(18)14-19/h3-10,13-14,23-25H,11-12,15H2,1-2H3. The number of aromatic nitrogens is 3. The minimum Gasteiger partial charge on any atom is -0.366 e. The van der Waals surface area contributed by atoms with E-state index in [9.17, 15) is 0 Å². The lowest BCUT2D eigenvalue weighted by Crippen LogP contribution is -2.48. The van der Waals surface area contributed by atoms with Crippen LogP contribution in [-0.4, -0.2) is 34.4 Å². The second kappa shape index (κ2) is 6.84. The summed E-state index contributed by atoms with van der Waals surface area (Å²) in [4.78, 5) is 5.81. The van der Waals surface area contributed by atoms with E-state index in [1.165, 1.54) is 33.4 Å². The molecule has 0 bridgehead atoms. The Labute approximate surface area is 165 Å². The van der Waals surface area contributed by atoms with Gasteiger partial charge in [0.1, 0.15) is 6.17 Å². The lowest BCUT2D eigenvalue weighted by Gasteiger charge is -2.36. The smallest absolute Gasteiger partial charge is 0.119 e. The van der Waals surface area contributed by atoms with E-state index in [-0.39, 0.29) is 6.17 Å². The van der Waals surface area contributed by atoms with Gasteiger partial charge in [0.05, 0.1) is 12.2 Å². The van der Waals surface area contributed by atoms with Crippen LogP contribution in [-0.2, 0) is 0 Å². The molecule has 2 aromatic carbocycles. The largest absolute Gasteiger partial charge is 0.366 e. The Morgan fingerprint density at radius 1 is 1.04 bits per heavy atom. The predicted molar refractivity (Wildman–Crippen MR) is 115 cm³/mol. The highest BCUT2D eigenvalue weighted by Gasteiger charge is 2.24. The summed E-state index contributed by atoms with van der Waals surface area (Å²) in [5.74, 6) is 0. The summed E-state index contributed by atoms with van der Waals surface area (Å²) in [6.07, 6.45) is 2.18. The molecule has 4 aromatic rings. The van der Waals surface area contributed by atoms with Crippen LogP contribution in [0.5, 0.6) is 0 Å². The molecule has 0 amide bonds. The molecule has 1 fully saturated rings. The average molecular weight is 371 g/mol. The fraction of sp³-hybridized carbons (Fsp3) is 0.261. The number of benzene rings is 2. The first-order valence-corrected chi connectivity index (χ1v) is 9.87. The molecular weight excluding hydrogens is 346 g/mol. The number of aromatic amines is 1. The molecule has 1 aliphatic heterocycles. The van der Waals surface area contributed by atoms with Gasteiger partial charge in [0.2, 0.25) is 0 Å². The molecule has 1 saturated heterocycles. The molecule has 0 radical (unpaired) electrons. The molecule has 5 rings (SSSR count). The first-order chi connectivity index (χ1) is 13.7. The topological polar surface area (TPSA) is 48.9 Å². The molecular formula is C23H25N5. The van der Waals surface area contributed by atoms with E-state index in [1.54, 1.807) is 0 Å². The van der Waals surface area contributed by atoms with E-state index in [0.29, 0.717) is 0 Å². The number of piperazine rings is 1. The number of rotatable bonds is 3. The molecule has 5 nitrogen and oxygen atoms in total. The SMILES string of the molecule is Cc1cc(C)n(C2CN(c3ccccc3-c3ccc4cc[nH]c4c3)CCN2)n1. The minimum atomic E-state index is 0.182. The monoisotopic (exact) mass is 371 g/mol. The Morgan fingerprint density at radius 2 is 1.93 bits per heavy atom. The second-order valence-electron chi connectivity index (χ2n) is 7.58. The quantitative estimate of drug-likeness (QED) is 0.566. The Morgan fingerprint density at radius 3 is 2.79 bits per heavy atom. The van der Waals surface area contributed by atoms with E-state index in [4.69, 9.17) is 5.10 Å². The van der Waals surface area contributed by atoms with E-state index in [0.717, 1.165) is 25.3 Å². The van der Waals surface area contributed by atoms with Gasteiger partial charge >= 0.3 is 0 Å². The second-order valence-corrected chi connectivity index (χ2v) is 7.58. The highest BCUT2D eigenvalue weighted by Crippen LogP contribution is 2.33. The third-order valence-electron chi connectivity index (χ3n) is 5.61. The van der Waals surface area contributed by atoms with Crippen LogP contribution in [0.4, 0.5) is 5.69 Å². The van der Waals surface area contributed by atoms with E-state index in [2.05, 4.69) is 88.3 Å². The molecule has 142 valence electrons. The lowest BCUT2D eigenvalue weighted by molar-refractivity contribution is 0.335. The number of anilines is 1. The fourth-order valence-corrected chi connectivity index (χ4v) is 4.28. The van der Waals surface area contributed by atoms with Gasteiger partial charge in [0.15, 0.2) is 0 Å². The summed E-state index contributed by atoms with van der Waals surface area (Å²) in [5, 5.41) is 9.56. The van der Waals surface area contributed by atoms with Crippen LogP contribution >= 0.6 is 0 Å². The number of aryl methyl sites for hydroxylation is 2.